The van der Waals surface area contributed by atoms with E-state index in [0.717, 1.165) is 37.7 Å². The van der Waals surface area contributed by atoms with E-state index >= 15 is 0 Å². The molecule has 1 amide bonds. The summed E-state index contributed by atoms with van der Waals surface area (Å²) in [6.07, 6.45) is 2.60. The average molecular weight is 299 g/mol. The molecule has 1 aromatic heterocycles. The minimum atomic E-state index is -0.236. The molecule has 2 aromatic rings. The van der Waals surface area contributed by atoms with Gasteiger partial charge < -0.3 is 20.2 Å². The zero-order valence-electron chi connectivity index (χ0n) is 12.1. The van der Waals surface area contributed by atoms with Gasteiger partial charge in [-0.3, -0.25) is 4.79 Å². The van der Waals surface area contributed by atoms with Gasteiger partial charge >= 0.3 is 0 Å². The standard InChI is InChI=1S/C16H17N3O3/c20-16(13-5-7-19(21)8-6-13)17-14-1-3-15(4-2-14)18-9-11-22-12-10-18/h1-8H,9-12H2,(H,17,20). The summed E-state index contributed by atoms with van der Waals surface area (Å²) in [6, 6.07) is 10.7. The van der Waals surface area contributed by atoms with Gasteiger partial charge in [-0.25, -0.2) is 0 Å². The third-order valence-electron chi connectivity index (χ3n) is 3.57. The van der Waals surface area contributed by atoms with Gasteiger partial charge in [0.05, 0.1) is 18.8 Å². The van der Waals surface area contributed by atoms with Crippen LogP contribution in [0.3, 0.4) is 0 Å². The van der Waals surface area contributed by atoms with Gasteiger partial charge in [-0.1, -0.05) is 0 Å². The largest absolute Gasteiger partial charge is 0.619 e. The lowest BCUT2D eigenvalue weighted by molar-refractivity contribution is -0.605. The van der Waals surface area contributed by atoms with Crippen molar-refractivity contribution in [2.75, 3.05) is 36.5 Å². The van der Waals surface area contributed by atoms with Crippen LogP contribution in [-0.2, 0) is 4.74 Å². The normalized spacial score (nSPS) is 14.6. The molecule has 3 rings (SSSR count). The van der Waals surface area contributed by atoms with Crippen LogP contribution < -0.4 is 14.9 Å². The minimum Gasteiger partial charge on any atom is -0.619 e. The van der Waals surface area contributed by atoms with Crippen molar-refractivity contribution in [1.82, 2.24) is 0 Å². The van der Waals surface area contributed by atoms with E-state index in [1.165, 1.54) is 24.5 Å². The maximum absolute atomic E-state index is 12.1. The molecule has 6 heteroatoms. The van der Waals surface area contributed by atoms with Gasteiger partial charge in [0, 0.05) is 36.6 Å². The Kier molecular flexibility index (Phi) is 4.20. The van der Waals surface area contributed by atoms with Crippen molar-refractivity contribution in [3.63, 3.8) is 0 Å². The van der Waals surface area contributed by atoms with E-state index in [0.29, 0.717) is 10.3 Å². The fraction of sp³-hybridized carbons (Fsp3) is 0.250. The lowest BCUT2D eigenvalue weighted by atomic mass is 10.2. The van der Waals surface area contributed by atoms with Crippen LogP contribution in [0.5, 0.6) is 0 Å². The summed E-state index contributed by atoms with van der Waals surface area (Å²) in [5.41, 5.74) is 2.29. The Morgan fingerprint density at radius 1 is 1.09 bits per heavy atom. The molecule has 0 unspecified atom stereocenters. The molecule has 114 valence electrons. The number of carbonyl (C=O) groups excluding carboxylic acids is 1. The Balaban J connectivity index is 1.65. The molecule has 0 atom stereocenters. The summed E-state index contributed by atoms with van der Waals surface area (Å²) in [5.74, 6) is -0.236. The van der Waals surface area contributed by atoms with Gasteiger partial charge in [0.1, 0.15) is 0 Å². The van der Waals surface area contributed by atoms with Crippen LogP contribution in [0.15, 0.2) is 48.8 Å². The highest BCUT2D eigenvalue weighted by Crippen LogP contribution is 2.19. The zero-order valence-corrected chi connectivity index (χ0v) is 12.1. The molecule has 1 fully saturated rings. The number of hydrogen-bond donors (Lipinski definition) is 1. The van der Waals surface area contributed by atoms with Crippen LogP contribution in [0.2, 0.25) is 0 Å². The maximum atomic E-state index is 12.1. The Labute approximate surface area is 128 Å². The number of rotatable bonds is 3. The first kappa shape index (κ1) is 14.3. The summed E-state index contributed by atoms with van der Waals surface area (Å²) in [5, 5.41) is 13.8. The number of pyridine rings is 1. The third-order valence-corrected chi connectivity index (χ3v) is 3.57. The first-order chi connectivity index (χ1) is 10.7. The van der Waals surface area contributed by atoms with Crippen LogP contribution in [0.25, 0.3) is 0 Å². The summed E-state index contributed by atoms with van der Waals surface area (Å²) < 4.78 is 5.98. The summed E-state index contributed by atoms with van der Waals surface area (Å²) >= 11 is 0. The Morgan fingerprint density at radius 2 is 1.73 bits per heavy atom. The van der Waals surface area contributed by atoms with Gasteiger partial charge in [-0.05, 0) is 24.3 Å². The number of aromatic nitrogens is 1. The Bertz CT molecular complexity index is 635. The molecule has 1 aromatic carbocycles. The molecule has 1 aliphatic heterocycles. The zero-order chi connectivity index (χ0) is 15.4. The van der Waals surface area contributed by atoms with Crippen molar-refractivity contribution in [3.8, 4) is 0 Å². The van der Waals surface area contributed by atoms with Crippen molar-refractivity contribution in [3.05, 3.63) is 59.6 Å². The van der Waals surface area contributed by atoms with E-state index < -0.39 is 0 Å². The number of nitrogens with one attached hydrogen (secondary N) is 1. The number of benzene rings is 1. The van der Waals surface area contributed by atoms with E-state index in [-0.39, 0.29) is 5.91 Å². The lowest BCUT2D eigenvalue weighted by Gasteiger charge is -2.28. The van der Waals surface area contributed by atoms with E-state index in [4.69, 9.17) is 4.74 Å². The monoisotopic (exact) mass is 299 g/mol. The number of morpholine rings is 1. The Hall–Kier alpha value is -2.60. The first-order valence-corrected chi connectivity index (χ1v) is 7.15. The highest BCUT2D eigenvalue weighted by Gasteiger charge is 2.11. The fourth-order valence-corrected chi connectivity index (χ4v) is 2.34. The number of carbonyl (C=O) groups is 1. The third kappa shape index (κ3) is 3.35. The Morgan fingerprint density at radius 3 is 2.36 bits per heavy atom. The maximum Gasteiger partial charge on any atom is 0.256 e. The summed E-state index contributed by atoms with van der Waals surface area (Å²) in [7, 11) is 0. The highest BCUT2D eigenvalue weighted by atomic mass is 16.5. The average Bonchev–Trinajstić information content (AvgIpc) is 2.57. The molecule has 22 heavy (non-hydrogen) atoms. The number of nitrogens with zero attached hydrogens (tertiary/aromatic N) is 2. The highest BCUT2D eigenvalue weighted by molar-refractivity contribution is 6.04. The lowest BCUT2D eigenvalue weighted by Crippen LogP contribution is -2.36. The predicted octanol–water partition coefficient (Wildman–Crippen LogP) is 1.41. The molecule has 0 bridgehead atoms. The number of ether oxygens (including phenoxy) is 1. The van der Waals surface area contributed by atoms with Crippen molar-refractivity contribution in [1.29, 1.82) is 0 Å². The molecule has 1 N–H and O–H groups in total. The van der Waals surface area contributed by atoms with Gasteiger partial charge in [0.2, 0.25) is 0 Å². The van der Waals surface area contributed by atoms with Gasteiger partial charge in [-0.15, -0.1) is 0 Å². The van der Waals surface area contributed by atoms with Crippen LogP contribution in [-0.4, -0.2) is 32.2 Å². The SMILES string of the molecule is O=C(Nc1ccc(N2CCOCC2)cc1)c1cc[n+]([O-])cc1. The second-order valence-electron chi connectivity index (χ2n) is 5.05. The second-order valence-corrected chi connectivity index (χ2v) is 5.05. The van der Waals surface area contributed by atoms with Gasteiger partial charge in [-0.2, -0.15) is 4.73 Å². The summed E-state index contributed by atoms with van der Waals surface area (Å²) in [4.78, 5) is 14.3. The quantitative estimate of drug-likeness (QED) is 0.687. The molecule has 1 aliphatic rings. The first-order valence-electron chi connectivity index (χ1n) is 7.15. The van der Waals surface area contributed by atoms with E-state index in [9.17, 15) is 10.0 Å². The van der Waals surface area contributed by atoms with E-state index in [2.05, 4.69) is 10.2 Å². The molecule has 0 spiro atoms. The fourth-order valence-electron chi connectivity index (χ4n) is 2.34. The molecular formula is C16H17N3O3. The van der Waals surface area contributed by atoms with Crippen LogP contribution in [0.4, 0.5) is 11.4 Å². The minimum absolute atomic E-state index is 0.236. The van der Waals surface area contributed by atoms with Crippen LogP contribution in [0, 0.1) is 5.21 Å². The predicted molar refractivity (Wildman–Crippen MR) is 82.8 cm³/mol. The molecule has 2 heterocycles. The molecule has 0 saturated carbocycles. The smallest absolute Gasteiger partial charge is 0.256 e. The van der Waals surface area contributed by atoms with Crippen molar-refractivity contribution in [2.24, 2.45) is 0 Å². The molecular weight excluding hydrogens is 282 g/mol. The van der Waals surface area contributed by atoms with E-state index in [1.54, 1.807) is 0 Å². The van der Waals surface area contributed by atoms with Crippen molar-refractivity contribution >= 4 is 17.3 Å². The second kappa shape index (κ2) is 6.44. The van der Waals surface area contributed by atoms with Crippen LogP contribution >= 0.6 is 0 Å². The number of anilines is 2. The molecule has 0 aliphatic carbocycles. The molecule has 0 radical (unpaired) electrons. The van der Waals surface area contributed by atoms with Crippen LogP contribution in [0.1, 0.15) is 10.4 Å². The van der Waals surface area contributed by atoms with E-state index in [1.807, 2.05) is 24.3 Å². The van der Waals surface area contributed by atoms with Gasteiger partial charge in [0.15, 0.2) is 12.4 Å². The molecule has 1 saturated heterocycles. The number of amides is 1. The number of hydrogen-bond acceptors (Lipinski definition) is 4. The van der Waals surface area contributed by atoms with Crippen molar-refractivity contribution < 1.29 is 14.3 Å². The topological polar surface area (TPSA) is 68.5 Å². The molecule has 6 nitrogen and oxygen atoms in total. The van der Waals surface area contributed by atoms with Gasteiger partial charge in [0.25, 0.3) is 5.91 Å². The summed E-state index contributed by atoms with van der Waals surface area (Å²) in [6.45, 7) is 3.24. The van der Waals surface area contributed by atoms with Crippen molar-refractivity contribution in [2.45, 2.75) is 0 Å².